The van der Waals surface area contributed by atoms with E-state index >= 15 is 0 Å². The molecule has 0 saturated carbocycles. The summed E-state index contributed by atoms with van der Waals surface area (Å²) in [6.45, 7) is 0.697. The Kier molecular flexibility index (Phi) is 5.03. The van der Waals surface area contributed by atoms with Gasteiger partial charge in [0.25, 0.3) is 0 Å². The highest BCUT2D eigenvalue weighted by atomic mass is 19.1. The summed E-state index contributed by atoms with van der Waals surface area (Å²) in [6, 6.07) is 4.83. The van der Waals surface area contributed by atoms with Gasteiger partial charge in [-0.25, -0.2) is 4.39 Å². The molecule has 2 aliphatic rings. The van der Waals surface area contributed by atoms with Crippen molar-refractivity contribution in [3.63, 3.8) is 0 Å². The highest BCUT2D eigenvalue weighted by Gasteiger charge is 2.40. The van der Waals surface area contributed by atoms with Crippen LogP contribution in [0.15, 0.2) is 28.4 Å². The van der Waals surface area contributed by atoms with Gasteiger partial charge in [0, 0.05) is 32.2 Å². The lowest BCUT2D eigenvalue weighted by molar-refractivity contribution is -0.132. The Bertz CT molecular complexity index is 720. The van der Waals surface area contributed by atoms with Crippen molar-refractivity contribution in [2.75, 3.05) is 13.7 Å². The largest absolute Gasteiger partial charge is 0.494 e. The monoisotopic (exact) mass is 343 g/mol. The van der Waals surface area contributed by atoms with Gasteiger partial charge in [0.2, 0.25) is 5.91 Å². The minimum atomic E-state index is -0.441. The fourth-order valence-electron chi connectivity index (χ4n) is 3.42. The van der Waals surface area contributed by atoms with E-state index in [-0.39, 0.29) is 17.7 Å². The zero-order valence-corrected chi connectivity index (χ0v) is 14.4. The molecule has 0 N–H and O–H groups in total. The van der Waals surface area contributed by atoms with E-state index in [0.29, 0.717) is 32.2 Å². The maximum absolute atomic E-state index is 14.0. The molecule has 25 heavy (non-hydrogen) atoms. The Morgan fingerprint density at radius 3 is 2.92 bits per heavy atom. The average molecular weight is 343 g/mol. The predicted molar refractivity (Wildman–Crippen MR) is 91.5 cm³/mol. The minimum absolute atomic E-state index is 0.0658. The third-order valence-corrected chi connectivity index (χ3v) is 4.93. The molecule has 5 nitrogen and oxygen atoms in total. The molecule has 1 aromatic carbocycles. The van der Waals surface area contributed by atoms with Gasteiger partial charge in [0.1, 0.15) is 0 Å². The van der Waals surface area contributed by atoms with Crippen molar-refractivity contribution >= 4 is 5.91 Å². The summed E-state index contributed by atoms with van der Waals surface area (Å²) >= 11 is 0. The summed E-state index contributed by atoms with van der Waals surface area (Å²) in [5.74, 6) is 2.47. The molecule has 0 spiro atoms. The molecule has 0 radical (unpaired) electrons. The Morgan fingerprint density at radius 1 is 1.48 bits per heavy atom. The smallest absolute Gasteiger partial charge is 0.223 e. The summed E-state index contributed by atoms with van der Waals surface area (Å²) in [5.41, 5.74) is 0.371. The van der Waals surface area contributed by atoms with E-state index in [1.807, 2.05) is 11.0 Å². The molecule has 132 valence electrons. The standard InChI is InChI=1S/C19H22FN3O2/c1-3-4-10-19(21-22-19)11-9-18(24)23-12-5-6-16(23)14-7-8-17(25-2)15(20)13-14/h1,7-8,13,16H,4-6,9-12H2,2H3/t16-/m0/s1. The molecule has 3 rings (SSSR count). The first-order valence-corrected chi connectivity index (χ1v) is 8.59. The first-order chi connectivity index (χ1) is 12.1. The second-order valence-corrected chi connectivity index (χ2v) is 6.53. The van der Waals surface area contributed by atoms with E-state index in [4.69, 9.17) is 11.2 Å². The Balaban J connectivity index is 1.62. The number of rotatable bonds is 7. The average Bonchev–Trinajstić information content (AvgIpc) is 3.22. The van der Waals surface area contributed by atoms with Crippen LogP contribution in [-0.4, -0.2) is 30.1 Å². The molecule has 1 atom stereocenters. The fourth-order valence-corrected chi connectivity index (χ4v) is 3.42. The summed E-state index contributed by atoms with van der Waals surface area (Å²) in [5, 5.41) is 8.15. The van der Waals surface area contributed by atoms with Gasteiger partial charge in [-0.3, -0.25) is 4.79 Å². The van der Waals surface area contributed by atoms with E-state index in [2.05, 4.69) is 16.1 Å². The molecule has 1 amide bonds. The number of halogens is 1. The molecule has 1 aromatic rings. The quantitative estimate of drug-likeness (QED) is 0.706. The van der Waals surface area contributed by atoms with Crippen LogP contribution in [0.1, 0.15) is 50.1 Å². The van der Waals surface area contributed by atoms with Gasteiger partial charge in [-0.2, -0.15) is 10.2 Å². The number of benzene rings is 1. The van der Waals surface area contributed by atoms with Crippen LogP contribution in [0, 0.1) is 18.2 Å². The number of ether oxygens (including phenoxy) is 1. The van der Waals surface area contributed by atoms with E-state index in [1.165, 1.54) is 13.2 Å². The Labute approximate surface area is 147 Å². The highest BCUT2D eigenvalue weighted by Crippen LogP contribution is 2.39. The molecule has 6 heteroatoms. The second-order valence-electron chi connectivity index (χ2n) is 6.53. The van der Waals surface area contributed by atoms with Crippen molar-refractivity contribution in [3.05, 3.63) is 29.6 Å². The fraction of sp³-hybridized carbons (Fsp3) is 0.526. The predicted octanol–water partition coefficient (Wildman–Crippen LogP) is 3.85. The second kappa shape index (κ2) is 7.22. The van der Waals surface area contributed by atoms with Crippen molar-refractivity contribution < 1.29 is 13.9 Å². The van der Waals surface area contributed by atoms with Gasteiger partial charge in [-0.1, -0.05) is 6.07 Å². The molecular formula is C19H22FN3O2. The number of carbonyl (C=O) groups excluding carboxylic acids is 1. The van der Waals surface area contributed by atoms with Gasteiger partial charge in [0.05, 0.1) is 13.2 Å². The van der Waals surface area contributed by atoms with Crippen molar-refractivity contribution in [1.29, 1.82) is 0 Å². The number of likely N-dealkylation sites (tertiary alicyclic amines) is 1. The number of amides is 1. The van der Waals surface area contributed by atoms with Gasteiger partial charge in [0.15, 0.2) is 17.2 Å². The summed E-state index contributed by atoms with van der Waals surface area (Å²) < 4.78 is 19.0. The van der Waals surface area contributed by atoms with Gasteiger partial charge < -0.3 is 9.64 Å². The summed E-state index contributed by atoms with van der Waals surface area (Å²) in [7, 11) is 1.44. The molecule has 2 heterocycles. The molecular weight excluding hydrogens is 321 g/mol. The Morgan fingerprint density at radius 2 is 2.28 bits per heavy atom. The van der Waals surface area contributed by atoms with Crippen molar-refractivity contribution in [2.45, 2.75) is 50.2 Å². The zero-order valence-electron chi connectivity index (χ0n) is 14.4. The lowest BCUT2D eigenvalue weighted by atomic mass is 10.0. The third kappa shape index (κ3) is 3.81. The topological polar surface area (TPSA) is 54.3 Å². The van der Waals surface area contributed by atoms with Crippen LogP contribution in [0.4, 0.5) is 4.39 Å². The number of hydrogen-bond donors (Lipinski definition) is 0. The Hall–Kier alpha value is -2.42. The van der Waals surface area contributed by atoms with E-state index in [1.54, 1.807) is 6.07 Å². The number of terminal acetylenes is 1. The lowest BCUT2D eigenvalue weighted by Gasteiger charge is -2.26. The van der Waals surface area contributed by atoms with Crippen LogP contribution >= 0.6 is 0 Å². The van der Waals surface area contributed by atoms with E-state index in [0.717, 1.165) is 18.4 Å². The van der Waals surface area contributed by atoms with Crippen molar-refractivity contribution in [2.24, 2.45) is 10.2 Å². The summed E-state index contributed by atoms with van der Waals surface area (Å²) in [6.07, 6.45) is 9.33. The van der Waals surface area contributed by atoms with Gasteiger partial charge >= 0.3 is 0 Å². The first-order valence-electron chi connectivity index (χ1n) is 8.59. The minimum Gasteiger partial charge on any atom is -0.494 e. The number of hydrogen-bond acceptors (Lipinski definition) is 4. The normalized spacial score (nSPS) is 20.4. The van der Waals surface area contributed by atoms with Crippen LogP contribution in [0.2, 0.25) is 0 Å². The molecule has 2 aliphatic heterocycles. The van der Waals surface area contributed by atoms with Crippen LogP contribution in [0.25, 0.3) is 0 Å². The van der Waals surface area contributed by atoms with Crippen molar-refractivity contribution in [3.8, 4) is 18.1 Å². The highest BCUT2D eigenvalue weighted by molar-refractivity contribution is 5.77. The molecule has 1 fully saturated rings. The van der Waals surface area contributed by atoms with Gasteiger partial charge in [-0.05, 0) is 30.5 Å². The number of nitrogens with zero attached hydrogens (tertiary/aromatic N) is 3. The van der Waals surface area contributed by atoms with Crippen LogP contribution in [-0.2, 0) is 4.79 Å². The van der Waals surface area contributed by atoms with E-state index < -0.39 is 11.5 Å². The SMILES string of the molecule is C#CCCC1(CCC(=O)N2CCC[C@H]2c2ccc(OC)c(F)c2)N=N1. The maximum Gasteiger partial charge on any atom is 0.223 e. The molecule has 0 bridgehead atoms. The van der Waals surface area contributed by atoms with Crippen LogP contribution in [0.5, 0.6) is 5.75 Å². The zero-order chi connectivity index (χ0) is 17.9. The third-order valence-electron chi connectivity index (χ3n) is 4.93. The maximum atomic E-state index is 14.0. The van der Waals surface area contributed by atoms with Gasteiger partial charge in [-0.15, -0.1) is 12.3 Å². The first kappa shape index (κ1) is 17.4. The molecule has 1 saturated heterocycles. The summed E-state index contributed by atoms with van der Waals surface area (Å²) in [4.78, 5) is 14.5. The van der Waals surface area contributed by atoms with Crippen molar-refractivity contribution in [1.82, 2.24) is 4.90 Å². The van der Waals surface area contributed by atoms with Crippen LogP contribution < -0.4 is 4.74 Å². The number of methoxy groups -OCH3 is 1. The van der Waals surface area contributed by atoms with Crippen LogP contribution in [0.3, 0.4) is 0 Å². The number of carbonyl (C=O) groups is 1. The molecule has 0 aliphatic carbocycles. The lowest BCUT2D eigenvalue weighted by Crippen LogP contribution is -2.31. The van der Waals surface area contributed by atoms with E-state index in [9.17, 15) is 9.18 Å². The molecule has 0 aromatic heterocycles. The molecule has 0 unspecified atom stereocenters.